The largest absolute Gasteiger partial charge is 0.495 e. The molecule has 0 unspecified atom stereocenters. The number of ketones is 1. The Labute approximate surface area is 175 Å². The Morgan fingerprint density at radius 1 is 1.07 bits per heavy atom. The van der Waals surface area contributed by atoms with Crippen LogP contribution in [-0.4, -0.2) is 57.8 Å². The minimum Gasteiger partial charge on any atom is -0.495 e. The van der Waals surface area contributed by atoms with Crippen molar-refractivity contribution in [2.24, 2.45) is 0 Å². The van der Waals surface area contributed by atoms with Crippen molar-refractivity contribution in [1.29, 1.82) is 0 Å². The van der Waals surface area contributed by atoms with Gasteiger partial charge < -0.3 is 14.8 Å². The highest BCUT2D eigenvalue weighted by Crippen LogP contribution is 2.30. The first-order chi connectivity index (χ1) is 14.4. The fraction of sp³-hybridized carbons (Fsp3) is 0.333. The molecule has 0 bridgehead atoms. The summed E-state index contributed by atoms with van der Waals surface area (Å²) < 4.78 is 37.8. The van der Waals surface area contributed by atoms with Gasteiger partial charge in [0.15, 0.2) is 5.78 Å². The van der Waals surface area contributed by atoms with Gasteiger partial charge in [0.1, 0.15) is 10.6 Å². The fourth-order valence-corrected chi connectivity index (χ4v) is 4.69. The van der Waals surface area contributed by atoms with Gasteiger partial charge in [0.2, 0.25) is 15.9 Å². The number of Topliss-reactive ketones (excluding diaryl/α,β-unsaturated/α-hetero) is 1. The monoisotopic (exact) mass is 432 g/mol. The van der Waals surface area contributed by atoms with Gasteiger partial charge >= 0.3 is 0 Å². The molecule has 2 aromatic carbocycles. The van der Waals surface area contributed by atoms with E-state index in [1.165, 1.54) is 23.5 Å². The first kappa shape index (κ1) is 21.9. The van der Waals surface area contributed by atoms with Gasteiger partial charge in [-0.3, -0.25) is 9.59 Å². The van der Waals surface area contributed by atoms with E-state index < -0.39 is 10.0 Å². The second kappa shape index (κ2) is 9.84. The van der Waals surface area contributed by atoms with E-state index in [2.05, 4.69) is 5.32 Å². The lowest BCUT2D eigenvalue weighted by molar-refractivity contribution is -0.116. The number of ether oxygens (including phenoxy) is 2. The van der Waals surface area contributed by atoms with Crippen LogP contribution in [0.5, 0.6) is 5.75 Å². The quantitative estimate of drug-likeness (QED) is 0.643. The number of hydrogen-bond donors (Lipinski definition) is 1. The van der Waals surface area contributed by atoms with E-state index in [1.807, 2.05) is 6.07 Å². The van der Waals surface area contributed by atoms with Crippen LogP contribution in [0.3, 0.4) is 0 Å². The lowest BCUT2D eigenvalue weighted by Crippen LogP contribution is -2.40. The average molecular weight is 432 g/mol. The molecule has 1 amide bonds. The van der Waals surface area contributed by atoms with Crippen LogP contribution in [0, 0.1) is 0 Å². The molecular formula is C21H24N2O6S. The van der Waals surface area contributed by atoms with Gasteiger partial charge in [-0.1, -0.05) is 30.3 Å². The SMILES string of the molecule is COc1ccc(NC(=O)CCC(=O)c2ccccc2)cc1S(=O)(=O)N1CCOCC1. The number of nitrogens with zero attached hydrogens (tertiary/aromatic N) is 1. The molecule has 1 saturated heterocycles. The van der Waals surface area contributed by atoms with Crippen molar-refractivity contribution in [3.05, 3.63) is 54.1 Å². The first-order valence-electron chi connectivity index (χ1n) is 9.56. The van der Waals surface area contributed by atoms with Crippen LogP contribution in [0.1, 0.15) is 23.2 Å². The summed E-state index contributed by atoms with van der Waals surface area (Å²) in [6.45, 7) is 1.16. The number of hydrogen-bond acceptors (Lipinski definition) is 6. The summed E-state index contributed by atoms with van der Waals surface area (Å²) >= 11 is 0. The number of carbonyl (C=O) groups is 2. The molecule has 0 aliphatic carbocycles. The summed E-state index contributed by atoms with van der Waals surface area (Å²) in [7, 11) is -2.41. The molecule has 1 aliphatic rings. The van der Waals surface area contributed by atoms with Crippen molar-refractivity contribution in [3.63, 3.8) is 0 Å². The second-order valence-corrected chi connectivity index (χ2v) is 8.63. The second-order valence-electron chi connectivity index (χ2n) is 6.72. The molecule has 0 saturated carbocycles. The summed E-state index contributed by atoms with van der Waals surface area (Å²) in [5, 5.41) is 2.66. The van der Waals surface area contributed by atoms with Crippen LogP contribution in [-0.2, 0) is 19.6 Å². The predicted molar refractivity (Wildman–Crippen MR) is 111 cm³/mol. The van der Waals surface area contributed by atoms with Crippen molar-refractivity contribution in [3.8, 4) is 5.75 Å². The average Bonchev–Trinajstić information content (AvgIpc) is 2.78. The van der Waals surface area contributed by atoms with Gasteiger partial charge in [-0.25, -0.2) is 8.42 Å². The van der Waals surface area contributed by atoms with E-state index in [-0.39, 0.29) is 48.3 Å². The van der Waals surface area contributed by atoms with Crippen LogP contribution in [0.2, 0.25) is 0 Å². The van der Waals surface area contributed by atoms with Gasteiger partial charge in [0.25, 0.3) is 0 Å². The highest BCUT2D eigenvalue weighted by molar-refractivity contribution is 7.89. The Hall–Kier alpha value is -2.75. The lowest BCUT2D eigenvalue weighted by Gasteiger charge is -2.26. The number of carbonyl (C=O) groups excluding carboxylic acids is 2. The van der Waals surface area contributed by atoms with Crippen molar-refractivity contribution < 1.29 is 27.5 Å². The summed E-state index contributed by atoms with van der Waals surface area (Å²) in [5.74, 6) is -0.311. The molecule has 160 valence electrons. The molecule has 1 aliphatic heterocycles. The third kappa shape index (κ3) is 5.24. The Balaban J connectivity index is 1.70. The van der Waals surface area contributed by atoms with Gasteiger partial charge in [-0.2, -0.15) is 4.31 Å². The smallest absolute Gasteiger partial charge is 0.246 e. The number of anilines is 1. The minimum absolute atomic E-state index is 0.00863. The number of nitrogens with one attached hydrogen (secondary N) is 1. The van der Waals surface area contributed by atoms with E-state index in [0.29, 0.717) is 24.5 Å². The highest BCUT2D eigenvalue weighted by atomic mass is 32.2. The highest BCUT2D eigenvalue weighted by Gasteiger charge is 2.29. The van der Waals surface area contributed by atoms with Crippen LogP contribution < -0.4 is 10.1 Å². The number of morpholine rings is 1. The van der Waals surface area contributed by atoms with E-state index in [9.17, 15) is 18.0 Å². The fourth-order valence-electron chi connectivity index (χ4n) is 3.10. The van der Waals surface area contributed by atoms with E-state index in [1.54, 1.807) is 30.3 Å². The molecule has 0 atom stereocenters. The van der Waals surface area contributed by atoms with Crippen LogP contribution in [0.4, 0.5) is 5.69 Å². The molecule has 30 heavy (non-hydrogen) atoms. The van der Waals surface area contributed by atoms with Crippen molar-refractivity contribution in [2.75, 3.05) is 38.7 Å². The number of rotatable bonds is 8. The zero-order chi connectivity index (χ0) is 21.6. The molecule has 0 spiro atoms. The molecule has 2 aromatic rings. The van der Waals surface area contributed by atoms with Crippen LogP contribution in [0.15, 0.2) is 53.4 Å². The van der Waals surface area contributed by atoms with Crippen molar-refractivity contribution >= 4 is 27.4 Å². The molecule has 0 aromatic heterocycles. The molecular weight excluding hydrogens is 408 g/mol. The maximum atomic E-state index is 13.0. The number of benzene rings is 2. The molecule has 0 radical (unpaired) electrons. The number of sulfonamides is 1. The zero-order valence-corrected chi connectivity index (χ0v) is 17.5. The summed E-state index contributed by atoms with van der Waals surface area (Å²) in [6, 6.07) is 13.2. The third-order valence-electron chi connectivity index (χ3n) is 4.71. The van der Waals surface area contributed by atoms with Gasteiger partial charge in [0.05, 0.1) is 20.3 Å². The summed E-state index contributed by atoms with van der Waals surface area (Å²) in [6.07, 6.45) is 0.0518. The van der Waals surface area contributed by atoms with E-state index >= 15 is 0 Å². The molecule has 1 fully saturated rings. The maximum Gasteiger partial charge on any atom is 0.246 e. The summed E-state index contributed by atoms with van der Waals surface area (Å²) in [4.78, 5) is 24.4. The maximum absolute atomic E-state index is 13.0. The van der Waals surface area contributed by atoms with Crippen LogP contribution >= 0.6 is 0 Å². The van der Waals surface area contributed by atoms with E-state index in [4.69, 9.17) is 9.47 Å². The van der Waals surface area contributed by atoms with E-state index in [0.717, 1.165) is 0 Å². The molecule has 9 heteroatoms. The Morgan fingerprint density at radius 3 is 2.43 bits per heavy atom. The van der Waals surface area contributed by atoms with Gasteiger partial charge in [0, 0.05) is 37.2 Å². The van der Waals surface area contributed by atoms with Crippen molar-refractivity contribution in [1.82, 2.24) is 4.31 Å². The van der Waals surface area contributed by atoms with Crippen molar-refractivity contribution in [2.45, 2.75) is 17.7 Å². The Morgan fingerprint density at radius 2 is 1.77 bits per heavy atom. The molecule has 1 N–H and O–H groups in total. The first-order valence-corrected chi connectivity index (χ1v) is 11.0. The lowest BCUT2D eigenvalue weighted by atomic mass is 10.1. The standard InChI is InChI=1S/C21H24N2O6S/c1-28-19-9-7-17(15-20(19)30(26,27)23-11-13-29-14-12-23)22-21(25)10-8-18(24)16-5-3-2-4-6-16/h2-7,9,15H,8,10-14H2,1H3,(H,22,25). The normalized spacial score (nSPS) is 14.8. The van der Waals surface area contributed by atoms with Crippen LogP contribution in [0.25, 0.3) is 0 Å². The zero-order valence-electron chi connectivity index (χ0n) is 16.7. The number of methoxy groups -OCH3 is 1. The molecule has 8 nitrogen and oxygen atoms in total. The summed E-state index contributed by atoms with van der Waals surface area (Å²) in [5.41, 5.74) is 0.869. The minimum atomic E-state index is -3.80. The third-order valence-corrected chi connectivity index (χ3v) is 6.63. The van der Waals surface area contributed by atoms with Gasteiger partial charge in [-0.15, -0.1) is 0 Å². The molecule has 1 heterocycles. The predicted octanol–water partition coefficient (Wildman–Crippen LogP) is 2.32. The Bertz CT molecular complexity index is 1000. The molecule has 3 rings (SSSR count). The number of amides is 1. The topological polar surface area (TPSA) is 102 Å². The Kier molecular flexibility index (Phi) is 7.20. The van der Waals surface area contributed by atoms with Gasteiger partial charge in [-0.05, 0) is 18.2 Å².